The van der Waals surface area contributed by atoms with Crippen LogP contribution >= 0.6 is 0 Å². The molecule has 2 aromatic rings. The van der Waals surface area contributed by atoms with Crippen molar-refractivity contribution in [1.29, 1.82) is 0 Å². The highest BCUT2D eigenvalue weighted by Crippen LogP contribution is 2.14. The van der Waals surface area contributed by atoms with Crippen LogP contribution < -0.4 is 4.72 Å². The van der Waals surface area contributed by atoms with Gasteiger partial charge in [0, 0.05) is 17.3 Å². The Hall–Kier alpha value is -2.93. The van der Waals surface area contributed by atoms with Gasteiger partial charge in [0.2, 0.25) is 15.8 Å². The summed E-state index contributed by atoms with van der Waals surface area (Å²) < 4.78 is 29.8. The van der Waals surface area contributed by atoms with Crippen LogP contribution in [0.25, 0.3) is 6.08 Å². The zero-order valence-electron chi connectivity index (χ0n) is 15.3. The number of hydrogen-bond acceptors (Lipinski definition) is 5. The van der Waals surface area contributed by atoms with Gasteiger partial charge in [0.1, 0.15) is 0 Å². The first-order valence-electron chi connectivity index (χ1n) is 8.21. The van der Waals surface area contributed by atoms with E-state index in [4.69, 9.17) is 4.74 Å². The van der Waals surface area contributed by atoms with Crippen molar-refractivity contribution in [2.75, 3.05) is 11.0 Å². The second kappa shape index (κ2) is 8.64. The standard InChI is InChI=1S/C20H21NO5S/c1-14-5-4-6-16(13-14)7-12-19(22)26-15(2)20(23)17-8-10-18(11-9-17)21-27(3,24)25/h4-13,15,21H,1-3H3/b12-7+/t15-/m1/s1. The van der Waals surface area contributed by atoms with Crippen LogP contribution in [0.2, 0.25) is 0 Å². The van der Waals surface area contributed by atoms with E-state index in [0.717, 1.165) is 17.4 Å². The molecule has 0 unspecified atom stereocenters. The first kappa shape index (κ1) is 20.4. The lowest BCUT2D eigenvalue weighted by molar-refractivity contribution is -0.140. The summed E-state index contributed by atoms with van der Waals surface area (Å²) in [4.78, 5) is 24.3. The van der Waals surface area contributed by atoms with Crippen LogP contribution in [0.3, 0.4) is 0 Å². The maximum atomic E-state index is 12.4. The molecule has 1 atom stereocenters. The zero-order valence-corrected chi connectivity index (χ0v) is 16.1. The van der Waals surface area contributed by atoms with Crippen molar-refractivity contribution in [2.45, 2.75) is 20.0 Å². The minimum Gasteiger partial charge on any atom is -0.451 e. The van der Waals surface area contributed by atoms with Gasteiger partial charge in [-0.05, 0) is 49.8 Å². The number of sulfonamides is 1. The molecule has 0 bridgehead atoms. The maximum Gasteiger partial charge on any atom is 0.331 e. The highest BCUT2D eigenvalue weighted by atomic mass is 32.2. The molecule has 0 saturated carbocycles. The van der Waals surface area contributed by atoms with E-state index in [1.807, 2.05) is 31.2 Å². The van der Waals surface area contributed by atoms with Crippen molar-refractivity contribution < 1.29 is 22.7 Å². The van der Waals surface area contributed by atoms with Crippen molar-refractivity contribution in [1.82, 2.24) is 0 Å². The number of Topliss-reactive ketones (excluding diaryl/α,β-unsaturated/α-hetero) is 1. The lowest BCUT2D eigenvalue weighted by Gasteiger charge is -2.11. The summed E-state index contributed by atoms with van der Waals surface area (Å²) in [6.45, 7) is 3.44. The van der Waals surface area contributed by atoms with E-state index in [9.17, 15) is 18.0 Å². The van der Waals surface area contributed by atoms with Crippen LogP contribution in [-0.4, -0.2) is 32.5 Å². The van der Waals surface area contributed by atoms with E-state index in [1.54, 1.807) is 6.08 Å². The Labute approximate surface area is 158 Å². The summed E-state index contributed by atoms with van der Waals surface area (Å²) in [7, 11) is -3.39. The molecule has 0 aliphatic carbocycles. The minimum atomic E-state index is -3.39. The van der Waals surface area contributed by atoms with Gasteiger partial charge in [-0.2, -0.15) is 0 Å². The number of esters is 1. The van der Waals surface area contributed by atoms with Crippen molar-refractivity contribution in [3.8, 4) is 0 Å². The Bertz CT molecular complexity index is 962. The number of rotatable bonds is 7. The Balaban J connectivity index is 1.97. The molecule has 0 spiro atoms. The molecular weight excluding hydrogens is 366 g/mol. The number of hydrogen-bond donors (Lipinski definition) is 1. The lowest BCUT2D eigenvalue weighted by atomic mass is 10.1. The van der Waals surface area contributed by atoms with Gasteiger partial charge in [0.05, 0.1) is 6.26 Å². The van der Waals surface area contributed by atoms with E-state index in [-0.39, 0.29) is 5.78 Å². The predicted octanol–water partition coefficient (Wildman–Crippen LogP) is 3.19. The third-order valence-corrected chi connectivity index (χ3v) is 4.20. The molecule has 1 N–H and O–H groups in total. The third kappa shape index (κ3) is 6.71. The monoisotopic (exact) mass is 387 g/mol. The number of anilines is 1. The molecule has 27 heavy (non-hydrogen) atoms. The fourth-order valence-electron chi connectivity index (χ4n) is 2.36. The highest BCUT2D eigenvalue weighted by Gasteiger charge is 2.18. The van der Waals surface area contributed by atoms with Gasteiger partial charge in [-0.3, -0.25) is 9.52 Å². The molecular formula is C20H21NO5S. The summed E-state index contributed by atoms with van der Waals surface area (Å²) in [5.41, 5.74) is 2.60. The fourth-order valence-corrected chi connectivity index (χ4v) is 2.92. The number of benzene rings is 2. The fraction of sp³-hybridized carbons (Fsp3) is 0.200. The minimum absolute atomic E-state index is 0.317. The van der Waals surface area contributed by atoms with Crippen LogP contribution in [0.1, 0.15) is 28.4 Å². The molecule has 0 fully saturated rings. The van der Waals surface area contributed by atoms with E-state index in [2.05, 4.69) is 4.72 Å². The second-order valence-corrected chi connectivity index (χ2v) is 7.89. The molecule has 7 heteroatoms. The average molecular weight is 387 g/mol. The Morgan fingerprint density at radius 3 is 2.37 bits per heavy atom. The third-order valence-electron chi connectivity index (χ3n) is 3.59. The SMILES string of the molecule is Cc1cccc(/C=C/C(=O)O[C@H](C)C(=O)c2ccc(NS(C)(=O)=O)cc2)c1. The Morgan fingerprint density at radius 2 is 1.78 bits per heavy atom. The molecule has 0 aromatic heterocycles. The van der Waals surface area contributed by atoms with Gasteiger partial charge in [0.15, 0.2) is 6.10 Å². The summed E-state index contributed by atoms with van der Waals surface area (Å²) >= 11 is 0. The van der Waals surface area contributed by atoms with Gasteiger partial charge in [-0.1, -0.05) is 29.8 Å². The van der Waals surface area contributed by atoms with Crippen molar-refractivity contribution in [3.63, 3.8) is 0 Å². The van der Waals surface area contributed by atoms with Crippen LogP contribution in [0, 0.1) is 6.92 Å². The van der Waals surface area contributed by atoms with E-state index >= 15 is 0 Å². The normalized spacial score (nSPS) is 12.6. The van der Waals surface area contributed by atoms with E-state index in [0.29, 0.717) is 11.3 Å². The molecule has 0 aliphatic rings. The van der Waals surface area contributed by atoms with Crippen molar-refractivity contribution in [3.05, 3.63) is 71.3 Å². The predicted molar refractivity (Wildman–Crippen MR) is 105 cm³/mol. The number of aryl methyl sites for hydroxylation is 1. The number of carbonyl (C=O) groups is 2. The second-order valence-electron chi connectivity index (χ2n) is 6.14. The molecule has 6 nitrogen and oxygen atoms in total. The van der Waals surface area contributed by atoms with Crippen LogP contribution in [-0.2, 0) is 19.6 Å². The summed E-state index contributed by atoms with van der Waals surface area (Å²) in [6.07, 6.45) is 2.97. The van der Waals surface area contributed by atoms with Gasteiger partial charge in [-0.25, -0.2) is 13.2 Å². The quantitative estimate of drug-likeness (QED) is 0.448. The van der Waals surface area contributed by atoms with Crippen LogP contribution in [0.15, 0.2) is 54.6 Å². The number of ether oxygens (including phenoxy) is 1. The molecule has 0 aliphatic heterocycles. The summed E-state index contributed by atoms with van der Waals surface area (Å²) in [5.74, 6) is -0.995. The van der Waals surface area contributed by atoms with Gasteiger partial charge in [0.25, 0.3) is 0 Å². The topological polar surface area (TPSA) is 89.5 Å². The molecule has 0 amide bonds. The van der Waals surface area contributed by atoms with Crippen LogP contribution in [0.5, 0.6) is 0 Å². The van der Waals surface area contributed by atoms with Gasteiger partial charge in [-0.15, -0.1) is 0 Å². The van der Waals surface area contributed by atoms with Gasteiger partial charge >= 0.3 is 5.97 Å². The molecule has 0 saturated heterocycles. The van der Waals surface area contributed by atoms with Crippen molar-refractivity contribution in [2.24, 2.45) is 0 Å². The Morgan fingerprint density at radius 1 is 1.11 bits per heavy atom. The van der Waals surface area contributed by atoms with Gasteiger partial charge < -0.3 is 4.74 Å². The zero-order chi connectivity index (χ0) is 20.0. The number of ketones is 1. The molecule has 0 heterocycles. The summed E-state index contributed by atoms with van der Waals surface area (Å²) in [5, 5.41) is 0. The maximum absolute atomic E-state index is 12.4. The molecule has 2 aromatic carbocycles. The smallest absolute Gasteiger partial charge is 0.331 e. The Kier molecular flexibility index (Phi) is 6.52. The average Bonchev–Trinajstić information content (AvgIpc) is 2.58. The molecule has 2 rings (SSSR count). The van der Waals surface area contributed by atoms with E-state index < -0.39 is 22.1 Å². The molecule has 0 radical (unpaired) electrons. The summed E-state index contributed by atoms with van der Waals surface area (Å²) in [6, 6.07) is 13.5. The number of nitrogens with one attached hydrogen (secondary N) is 1. The highest BCUT2D eigenvalue weighted by molar-refractivity contribution is 7.92. The van der Waals surface area contributed by atoms with E-state index in [1.165, 1.54) is 37.3 Å². The lowest BCUT2D eigenvalue weighted by Crippen LogP contribution is -2.23. The first-order chi connectivity index (χ1) is 12.6. The van der Waals surface area contributed by atoms with Crippen molar-refractivity contribution >= 4 is 33.5 Å². The van der Waals surface area contributed by atoms with Crippen LogP contribution in [0.4, 0.5) is 5.69 Å². The first-order valence-corrected chi connectivity index (χ1v) is 10.1. The molecule has 142 valence electrons. The largest absolute Gasteiger partial charge is 0.451 e. The number of carbonyl (C=O) groups excluding carboxylic acids is 2.